The molecular formula is C20H16FN3O3S. The van der Waals surface area contributed by atoms with Crippen molar-refractivity contribution >= 4 is 11.8 Å². The van der Waals surface area contributed by atoms with Crippen molar-refractivity contribution in [2.24, 2.45) is 0 Å². The molecule has 3 rings (SSSR count). The number of halogens is 1. The molecule has 0 spiro atoms. The van der Waals surface area contributed by atoms with Crippen LogP contribution in [0.1, 0.15) is 11.1 Å². The third kappa shape index (κ3) is 4.00. The van der Waals surface area contributed by atoms with Crippen LogP contribution in [0.3, 0.4) is 0 Å². The molecule has 28 heavy (non-hydrogen) atoms. The molecule has 0 aliphatic rings. The Hall–Kier alpha value is -3.31. The number of nitrogens with one attached hydrogen (secondary N) is 1. The largest absolute Gasteiger partial charge is 0.496 e. The number of rotatable bonds is 6. The Balaban J connectivity index is 2.02. The van der Waals surface area contributed by atoms with Gasteiger partial charge in [0.05, 0.1) is 12.8 Å². The lowest BCUT2D eigenvalue weighted by Crippen LogP contribution is -2.14. The molecule has 2 aromatic carbocycles. The van der Waals surface area contributed by atoms with Crippen molar-refractivity contribution in [2.45, 2.75) is 11.8 Å². The van der Waals surface area contributed by atoms with E-state index >= 15 is 0 Å². The van der Waals surface area contributed by atoms with Crippen LogP contribution in [0.5, 0.6) is 11.5 Å². The molecule has 0 saturated carbocycles. The molecule has 3 aromatic rings. The maximum Gasteiger partial charge on any atom is 0.270 e. The topological polar surface area (TPSA) is 88.0 Å². The minimum atomic E-state index is -0.503. The molecule has 0 radical (unpaired) electrons. The minimum absolute atomic E-state index is 0.0401. The summed E-state index contributed by atoms with van der Waals surface area (Å²) in [5.74, 6) is 0.186. The van der Waals surface area contributed by atoms with Gasteiger partial charge in [0, 0.05) is 11.1 Å². The van der Waals surface area contributed by atoms with Gasteiger partial charge in [0.15, 0.2) is 16.7 Å². The number of nitrogens with zero attached hydrogens (tertiary/aromatic N) is 2. The van der Waals surface area contributed by atoms with Gasteiger partial charge in [-0.1, -0.05) is 23.9 Å². The SMILES string of the molecule is COc1ccc(-c2nc(SC)[nH]c(=O)c2C#N)cc1COc1ccccc1F. The molecule has 0 saturated heterocycles. The van der Waals surface area contributed by atoms with E-state index in [4.69, 9.17) is 9.47 Å². The molecule has 142 valence electrons. The number of hydrogen-bond donors (Lipinski definition) is 1. The number of ether oxygens (including phenoxy) is 2. The second-order valence-corrected chi connectivity index (χ2v) is 6.45. The van der Waals surface area contributed by atoms with Gasteiger partial charge in [0.25, 0.3) is 5.56 Å². The highest BCUT2D eigenvalue weighted by Gasteiger charge is 2.16. The number of benzene rings is 2. The lowest BCUT2D eigenvalue weighted by Gasteiger charge is -2.13. The monoisotopic (exact) mass is 397 g/mol. The molecule has 1 heterocycles. The third-order valence-corrected chi connectivity index (χ3v) is 4.56. The van der Waals surface area contributed by atoms with Crippen molar-refractivity contribution < 1.29 is 13.9 Å². The average Bonchev–Trinajstić information content (AvgIpc) is 2.72. The van der Waals surface area contributed by atoms with Crippen LogP contribution < -0.4 is 15.0 Å². The summed E-state index contributed by atoms with van der Waals surface area (Å²) in [6.45, 7) is 0.0401. The van der Waals surface area contributed by atoms with Crippen molar-refractivity contribution in [1.29, 1.82) is 5.26 Å². The zero-order valence-electron chi connectivity index (χ0n) is 15.2. The van der Waals surface area contributed by atoms with Crippen LogP contribution in [0, 0.1) is 17.1 Å². The van der Waals surface area contributed by atoms with E-state index in [1.165, 1.54) is 31.0 Å². The van der Waals surface area contributed by atoms with Gasteiger partial charge in [0.2, 0.25) is 0 Å². The van der Waals surface area contributed by atoms with E-state index in [0.717, 1.165) is 0 Å². The van der Waals surface area contributed by atoms with Gasteiger partial charge in [-0.2, -0.15) is 5.26 Å². The summed E-state index contributed by atoms with van der Waals surface area (Å²) in [6.07, 6.45) is 1.77. The summed E-state index contributed by atoms with van der Waals surface area (Å²) in [5.41, 5.74) is 0.872. The lowest BCUT2D eigenvalue weighted by atomic mass is 10.0. The Morgan fingerprint density at radius 2 is 2.04 bits per heavy atom. The summed E-state index contributed by atoms with van der Waals surface area (Å²) in [4.78, 5) is 19.1. The maximum atomic E-state index is 13.8. The first-order valence-electron chi connectivity index (χ1n) is 8.20. The van der Waals surface area contributed by atoms with Crippen molar-refractivity contribution in [1.82, 2.24) is 9.97 Å². The highest BCUT2D eigenvalue weighted by atomic mass is 32.2. The number of nitriles is 1. The van der Waals surface area contributed by atoms with E-state index in [0.29, 0.717) is 22.0 Å². The second-order valence-electron chi connectivity index (χ2n) is 5.66. The highest BCUT2D eigenvalue weighted by Crippen LogP contribution is 2.29. The normalized spacial score (nSPS) is 10.4. The fraction of sp³-hybridized carbons (Fsp3) is 0.150. The molecule has 0 amide bonds. The maximum absolute atomic E-state index is 13.8. The summed E-state index contributed by atoms with van der Waals surface area (Å²) >= 11 is 1.26. The van der Waals surface area contributed by atoms with Crippen LogP contribution in [0.25, 0.3) is 11.3 Å². The number of hydrogen-bond acceptors (Lipinski definition) is 6. The number of H-pyrrole nitrogens is 1. The molecule has 0 bridgehead atoms. The van der Waals surface area contributed by atoms with Crippen LogP contribution >= 0.6 is 11.8 Å². The standard InChI is InChI=1S/C20H16FN3O3S/c1-26-16-8-7-12(18-14(10-22)19(25)24-20(23-18)28-2)9-13(16)11-27-17-6-4-3-5-15(17)21/h3-9H,11H2,1-2H3,(H,23,24,25). The highest BCUT2D eigenvalue weighted by molar-refractivity contribution is 7.98. The second kappa shape index (κ2) is 8.59. The van der Waals surface area contributed by atoms with Crippen molar-refractivity contribution in [3.05, 3.63) is 69.8 Å². The number of thioether (sulfide) groups is 1. The number of methoxy groups -OCH3 is 1. The Morgan fingerprint density at radius 1 is 1.25 bits per heavy atom. The molecule has 0 aliphatic heterocycles. The molecule has 8 heteroatoms. The van der Waals surface area contributed by atoms with E-state index < -0.39 is 11.4 Å². The summed E-state index contributed by atoms with van der Waals surface area (Å²) in [7, 11) is 1.51. The fourth-order valence-electron chi connectivity index (χ4n) is 2.62. The predicted molar refractivity (Wildman–Crippen MR) is 104 cm³/mol. The van der Waals surface area contributed by atoms with Gasteiger partial charge < -0.3 is 14.5 Å². The van der Waals surface area contributed by atoms with Crippen molar-refractivity contribution in [3.8, 4) is 28.8 Å². The quantitative estimate of drug-likeness (QED) is 0.503. The summed E-state index contributed by atoms with van der Waals surface area (Å²) in [5, 5.41) is 9.77. The van der Waals surface area contributed by atoms with Gasteiger partial charge in [-0.3, -0.25) is 4.79 Å². The fourth-order valence-corrected chi connectivity index (χ4v) is 3.00. The predicted octanol–water partition coefficient (Wildman–Crippen LogP) is 3.76. The van der Waals surface area contributed by atoms with E-state index in [1.807, 2.05) is 6.07 Å². The lowest BCUT2D eigenvalue weighted by molar-refractivity contribution is 0.282. The molecule has 0 unspecified atom stereocenters. The van der Waals surface area contributed by atoms with E-state index in [1.54, 1.807) is 36.6 Å². The molecule has 0 atom stereocenters. The zero-order valence-corrected chi connectivity index (χ0v) is 16.0. The van der Waals surface area contributed by atoms with Crippen LogP contribution in [0.2, 0.25) is 0 Å². The van der Waals surface area contributed by atoms with Gasteiger partial charge in [0.1, 0.15) is 24.0 Å². The van der Waals surface area contributed by atoms with Crippen molar-refractivity contribution in [2.75, 3.05) is 13.4 Å². The van der Waals surface area contributed by atoms with Gasteiger partial charge in [-0.25, -0.2) is 9.37 Å². The molecule has 0 fully saturated rings. The zero-order chi connectivity index (χ0) is 20.1. The number of aromatic nitrogens is 2. The average molecular weight is 397 g/mol. The molecule has 1 aromatic heterocycles. The number of para-hydroxylation sites is 1. The first-order valence-corrected chi connectivity index (χ1v) is 9.43. The van der Waals surface area contributed by atoms with E-state index in [2.05, 4.69) is 9.97 Å². The molecule has 1 N–H and O–H groups in total. The first-order chi connectivity index (χ1) is 13.6. The Labute approximate surface area is 165 Å². The van der Waals surface area contributed by atoms with Crippen LogP contribution in [-0.4, -0.2) is 23.3 Å². The van der Waals surface area contributed by atoms with Crippen LogP contribution in [0.4, 0.5) is 4.39 Å². The molecular weight excluding hydrogens is 381 g/mol. The Kier molecular flexibility index (Phi) is 5.96. The van der Waals surface area contributed by atoms with Crippen LogP contribution in [-0.2, 0) is 6.61 Å². The Bertz CT molecular complexity index is 1110. The van der Waals surface area contributed by atoms with E-state index in [-0.39, 0.29) is 23.6 Å². The van der Waals surface area contributed by atoms with Crippen LogP contribution in [0.15, 0.2) is 52.4 Å². The van der Waals surface area contributed by atoms with E-state index in [9.17, 15) is 14.4 Å². The third-order valence-electron chi connectivity index (χ3n) is 3.98. The smallest absolute Gasteiger partial charge is 0.270 e. The molecule has 0 aliphatic carbocycles. The minimum Gasteiger partial charge on any atom is -0.496 e. The van der Waals surface area contributed by atoms with Crippen molar-refractivity contribution in [3.63, 3.8) is 0 Å². The summed E-state index contributed by atoms with van der Waals surface area (Å²) in [6, 6.07) is 13.1. The number of aromatic amines is 1. The van der Waals surface area contributed by atoms with Gasteiger partial charge in [-0.15, -0.1) is 0 Å². The summed E-state index contributed by atoms with van der Waals surface area (Å²) < 4.78 is 24.7. The Morgan fingerprint density at radius 3 is 2.71 bits per heavy atom. The molecule has 6 nitrogen and oxygen atoms in total. The first kappa shape index (κ1) is 19.5. The van der Waals surface area contributed by atoms with Gasteiger partial charge in [-0.05, 0) is 36.6 Å². The van der Waals surface area contributed by atoms with Gasteiger partial charge >= 0.3 is 0 Å².